The van der Waals surface area contributed by atoms with Crippen LogP contribution in [0.3, 0.4) is 0 Å². The lowest BCUT2D eigenvalue weighted by Crippen LogP contribution is -2.41. The molecule has 0 aliphatic carbocycles. The number of hydrogen-bond acceptors (Lipinski definition) is 4. The molecule has 0 aromatic carbocycles. The lowest BCUT2D eigenvalue weighted by atomic mass is 9.89. The van der Waals surface area contributed by atoms with E-state index in [2.05, 4.69) is 6.92 Å². The number of rotatable bonds is 7. The maximum Gasteiger partial charge on any atom is 0.486 e. The first-order valence-electron chi connectivity index (χ1n) is 7.89. The van der Waals surface area contributed by atoms with E-state index in [1.807, 2.05) is 39.7 Å². The Labute approximate surface area is 129 Å². The molecule has 0 aromatic rings. The van der Waals surface area contributed by atoms with Gasteiger partial charge in [-0.2, -0.15) is 0 Å². The lowest BCUT2D eigenvalue weighted by Gasteiger charge is -2.32. The molecule has 1 fully saturated rings. The topological polar surface area (TPSA) is 44.8 Å². The summed E-state index contributed by atoms with van der Waals surface area (Å²) in [4.78, 5) is 11.2. The highest BCUT2D eigenvalue weighted by atomic mass is 16.7. The van der Waals surface area contributed by atoms with Gasteiger partial charge in [-0.3, -0.25) is 4.79 Å². The highest BCUT2D eigenvalue weighted by molar-refractivity contribution is 6.51. The molecule has 0 spiro atoms. The molecular weight excluding hydrogens is 267 g/mol. The Morgan fingerprint density at radius 1 is 1.19 bits per heavy atom. The van der Waals surface area contributed by atoms with E-state index in [9.17, 15) is 4.79 Å². The molecule has 21 heavy (non-hydrogen) atoms. The van der Waals surface area contributed by atoms with Gasteiger partial charge in [-0.25, -0.2) is 0 Å². The maximum atomic E-state index is 11.2. The number of unbranched alkanes of at least 4 members (excludes halogenated alkanes) is 2. The number of ether oxygens (including phenoxy) is 1. The SMILES string of the molecule is CCCCCC(C=CB1OC(C)(C)C(C)(C)O1)OC(C)=O. The largest absolute Gasteiger partial charge is 0.486 e. The predicted molar refractivity (Wildman–Crippen MR) is 84.9 cm³/mol. The Kier molecular flexibility index (Phi) is 6.48. The molecular formula is C16H29BO4. The van der Waals surface area contributed by atoms with Crippen molar-refractivity contribution in [1.29, 1.82) is 0 Å². The van der Waals surface area contributed by atoms with E-state index >= 15 is 0 Å². The van der Waals surface area contributed by atoms with Crippen LogP contribution in [0.4, 0.5) is 0 Å². The predicted octanol–water partition coefficient (Wildman–Crippen LogP) is 3.69. The van der Waals surface area contributed by atoms with Crippen LogP contribution < -0.4 is 0 Å². The monoisotopic (exact) mass is 296 g/mol. The van der Waals surface area contributed by atoms with Gasteiger partial charge in [-0.1, -0.05) is 31.8 Å². The number of carbonyl (C=O) groups is 1. The second kappa shape index (κ2) is 7.46. The van der Waals surface area contributed by atoms with Gasteiger partial charge in [0.25, 0.3) is 0 Å². The van der Waals surface area contributed by atoms with E-state index in [0.717, 1.165) is 25.7 Å². The number of esters is 1. The van der Waals surface area contributed by atoms with Crippen molar-refractivity contribution in [2.75, 3.05) is 0 Å². The summed E-state index contributed by atoms with van der Waals surface area (Å²) < 4.78 is 17.1. The molecule has 0 aromatic heterocycles. The van der Waals surface area contributed by atoms with Crippen LogP contribution in [0.25, 0.3) is 0 Å². The highest BCUT2D eigenvalue weighted by Crippen LogP contribution is 2.36. The Bertz CT molecular complexity index is 360. The van der Waals surface area contributed by atoms with Crippen LogP contribution in [-0.4, -0.2) is 30.4 Å². The van der Waals surface area contributed by atoms with Gasteiger partial charge in [0, 0.05) is 6.92 Å². The van der Waals surface area contributed by atoms with E-state index in [0.29, 0.717) is 0 Å². The first-order chi connectivity index (χ1) is 9.68. The fourth-order valence-corrected chi connectivity index (χ4v) is 2.18. The van der Waals surface area contributed by atoms with Crippen molar-refractivity contribution in [3.05, 3.63) is 12.1 Å². The smallest absolute Gasteiger partial charge is 0.458 e. The fraction of sp³-hybridized carbons (Fsp3) is 0.812. The van der Waals surface area contributed by atoms with Gasteiger partial charge in [0.15, 0.2) is 0 Å². The van der Waals surface area contributed by atoms with Crippen molar-refractivity contribution < 1.29 is 18.8 Å². The summed E-state index contributed by atoms with van der Waals surface area (Å²) in [7, 11) is -0.390. The molecule has 1 heterocycles. The zero-order valence-electron chi connectivity index (χ0n) is 14.3. The van der Waals surface area contributed by atoms with Gasteiger partial charge < -0.3 is 14.0 Å². The summed E-state index contributed by atoms with van der Waals surface area (Å²) in [6, 6.07) is 0. The standard InChI is InChI=1S/C16H29BO4/c1-7-8-9-10-14(19-13(2)18)11-12-17-20-15(3,4)16(5,6)21-17/h11-12,14H,7-10H2,1-6H3. The Morgan fingerprint density at radius 3 is 2.24 bits per heavy atom. The normalized spacial score (nSPS) is 21.7. The maximum absolute atomic E-state index is 11.2. The summed E-state index contributed by atoms with van der Waals surface area (Å²) in [5.41, 5.74) is -0.692. The lowest BCUT2D eigenvalue weighted by molar-refractivity contribution is -0.144. The second-order valence-electron chi connectivity index (χ2n) is 6.65. The molecule has 0 N–H and O–H groups in total. The highest BCUT2D eigenvalue weighted by Gasteiger charge is 2.50. The molecule has 0 radical (unpaired) electrons. The molecule has 120 valence electrons. The van der Waals surface area contributed by atoms with Crippen LogP contribution in [0, 0.1) is 0 Å². The number of carbonyl (C=O) groups excluding carboxylic acids is 1. The first-order valence-corrected chi connectivity index (χ1v) is 7.89. The Balaban J connectivity index is 2.59. The van der Waals surface area contributed by atoms with E-state index < -0.39 is 0 Å². The molecule has 1 unspecified atom stereocenters. The van der Waals surface area contributed by atoms with Crippen molar-refractivity contribution >= 4 is 13.1 Å². The van der Waals surface area contributed by atoms with E-state index in [-0.39, 0.29) is 30.4 Å². The summed E-state index contributed by atoms with van der Waals surface area (Å²) >= 11 is 0. The first kappa shape index (κ1) is 18.2. The minimum atomic E-state index is -0.390. The molecule has 1 aliphatic heterocycles. The van der Waals surface area contributed by atoms with Gasteiger partial charge >= 0.3 is 13.1 Å². The average Bonchev–Trinajstić information content (AvgIpc) is 2.54. The average molecular weight is 296 g/mol. The third kappa shape index (κ3) is 5.48. The summed E-state index contributed by atoms with van der Waals surface area (Å²) in [6.07, 6.45) is 5.86. The quantitative estimate of drug-likeness (QED) is 0.408. The van der Waals surface area contributed by atoms with E-state index in [1.165, 1.54) is 6.92 Å². The summed E-state index contributed by atoms with van der Waals surface area (Å²) in [5, 5.41) is 0. The molecule has 0 bridgehead atoms. The fourth-order valence-electron chi connectivity index (χ4n) is 2.18. The zero-order valence-corrected chi connectivity index (χ0v) is 14.3. The minimum Gasteiger partial charge on any atom is -0.458 e. The van der Waals surface area contributed by atoms with Gasteiger partial charge in [0.1, 0.15) is 6.10 Å². The van der Waals surface area contributed by atoms with E-state index in [4.69, 9.17) is 14.0 Å². The molecule has 4 nitrogen and oxygen atoms in total. The minimum absolute atomic E-state index is 0.201. The van der Waals surface area contributed by atoms with Gasteiger partial charge in [0.2, 0.25) is 0 Å². The Morgan fingerprint density at radius 2 is 1.76 bits per heavy atom. The van der Waals surface area contributed by atoms with Gasteiger partial charge in [0.05, 0.1) is 11.2 Å². The van der Waals surface area contributed by atoms with Crippen molar-refractivity contribution in [2.45, 2.75) is 84.5 Å². The van der Waals surface area contributed by atoms with Gasteiger partial charge in [-0.05, 0) is 40.5 Å². The second-order valence-corrected chi connectivity index (χ2v) is 6.65. The van der Waals surface area contributed by atoms with Crippen molar-refractivity contribution in [1.82, 2.24) is 0 Å². The van der Waals surface area contributed by atoms with Crippen LogP contribution in [0.5, 0.6) is 0 Å². The van der Waals surface area contributed by atoms with E-state index in [1.54, 1.807) is 0 Å². The van der Waals surface area contributed by atoms with Crippen molar-refractivity contribution in [3.63, 3.8) is 0 Å². The molecule has 1 atom stereocenters. The molecule has 5 heteroatoms. The van der Waals surface area contributed by atoms with Crippen LogP contribution in [0.1, 0.15) is 67.2 Å². The summed E-state index contributed by atoms with van der Waals surface area (Å²) in [6.45, 7) is 11.7. The molecule has 0 amide bonds. The summed E-state index contributed by atoms with van der Waals surface area (Å²) in [5.74, 6) is 1.60. The molecule has 1 rings (SSSR count). The third-order valence-electron chi connectivity index (χ3n) is 4.16. The van der Waals surface area contributed by atoms with Crippen LogP contribution in [0.2, 0.25) is 0 Å². The van der Waals surface area contributed by atoms with Gasteiger partial charge in [-0.15, -0.1) is 0 Å². The molecule has 1 aliphatic rings. The number of hydrogen-bond donors (Lipinski definition) is 0. The van der Waals surface area contributed by atoms with Crippen molar-refractivity contribution in [2.24, 2.45) is 0 Å². The van der Waals surface area contributed by atoms with Crippen molar-refractivity contribution in [3.8, 4) is 0 Å². The molecule has 0 saturated carbocycles. The van der Waals surface area contributed by atoms with Crippen LogP contribution in [0.15, 0.2) is 12.1 Å². The molecule has 1 saturated heterocycles. The zero-order chi connectivity index (χ0) is 16.1. The van der Waals surface area contributed by atoms with Crippen LogP contribution >= 0.6 is 0 Å². The van der Waals surface area contributed by atoms with Crippen LogP contribution in [-0.2, 0) is 18.8 Å². The Hall–Kier alpha value is -0.805. The third-order valence-corrected chi connectivity index (χ3v) is 4.16.